The standard InChI is InChI=1S/C18H26FN5O2/c1-23(12-17-21-15-5-4-14(19)9-16(15)22-17)18(26)20-10-13-3-2-6-24(11-13)7-8-25/h4-5,9,13,25H,2-3,6-8,10-12H2,1H3,(H,20,26)(H,21,22). The van der Waals surface area contributed by atoms with Crippen molar-refractivity contribution in [1.29, 1.82) is 0 Å². The number of aliphatic hydroxyl groups is 1. The largest absolute Gasteiger partial charge is 0.395 e. The van der Waals surface area contributed by atoms with Gasteiger partial charge in [-0.3, -0.25) is 0 Å². The molecule has 1 aromatic heterocycles. The molecule has 0 radical (unpaired) electrons. The third-order valence-electron chi connectivity index (χ3n) is 4.79. The third-order valence-corrected chi connectivity index (χ3v) is 4.79. The summed E-state index contributed by atoms with van der Waals surface area (Å²) >= 11 is 0. The number of H-pyrrole nitrogens is 1. The minimum Gasteiger partial charge on any atom is -0.395 e. The molecule has 0 bridgehead atoms. The van der Waals surface area contributed by atoms with Gasteiger partial charge in [-0.05, 0) is 43.5 Å². The second-order valence-corrected chi connectivity index (χ2v) is 6.92. The predicted molar refractivity (Wildman–Crippen MR) is 97.2 cm³/mol. The van der Waals surface area contributed by atoms with Crippen molar-refractivity contribution in [2.75, 3.05) is 39.8 Å². The minimum absolute atomic E-state index is 0.157. The van der Waals surface area contributed by atoms with Gasteiger partial charge in [-0.25, -0.2) is 14.2 Å². The van der Waals surface area contributed by atoms with Crippen LogP contribution in [0.4, 0.5) is 9.18 Å². The molecule has 3 N–H and O–H groups in total. The first-order chi connectivity index (χ1) is 12.5. The van der Waals surface area contributed by atoms with E-state index in [1.54, 1.807) is 18.0 Å². The number of aromatic nitrogens is 2. The topological polar surface area (TPSA) is 84.5 Å². The van der Waals surface area contributed by atoms with Crippen LogP contribution < -0.4 is 5.32 Å². The van der Waals surface area contributed by atoms with E-state index in [-0.39, 0.29) is 18.5 Å². The van der Waals surface area contributed by atoms with E-state index < -0.39 is 0 Å². The molecule has 2 heterocycles. The number of nitrogens with zero attached hydrogens (tertiary/aromatic N) is 3. The Bertz CT molecular complexity index is 748. The van der Waals surface area contributed by atoms with Crippen LogP contribution in [0.2, 0.25) is 0 Å². The van der Waals surface area contributed by atoms with Gasteiger partial charge in [0.15, 0.2) is 0 Å². The SMILES string of the molecule is CN(Cc1nc2ccc(F)cc2[nH]1)C(=O)NCC1CCCN(CCO)C1. The van der Waals surface area contributed by atoms with Crippen molar-refractivity contribution < 1.29 is 14.3 Å². The first-order valence-electron chi connectivity index (χ1n) is 9.01. The second kappa shape index (κ2) is 8.46. The van der Waals surface area contributed by atoms with Gasteiger partial charge in [0.05, 0.1) is 24.2 Å². The summed E-state index contributed by atoms with van der Waals surface area (Å²) in [7, 11) is 1.71. The summed E-state index contributed by atoms with van der Waals surface area (Å²) in [5.74, 6) is 0.707. The first-order valence-corrected chi connectivity index (χ1v) is 9.01. The van der Waals surface area contributed by atoms with Crippen LogP contribution in [0.25, 0.3) is 11.0 Å². The Morgan fingerprint density at radius 2 is 2.38 bits per heavy atom. The van der Waals surface area contributed by atoms with Gasteiger partial charge in [-0.15, -0.1) is 0 Å². The van der Waals surface area contributed by atoms with E-state index >= 15 is 0 Å². The first kappa shape index (κ1) is 18.6. The summed E-state index contributed by atoms with van der Waals surface area (Å²) < 4.78 is 13.3. The quantitative estimate of drug-likeness (QED) is 0.727. The lowest BCUT2D eigenvalue weighted by atomic mass is 9.98. The van der Waals surface area contributed by atoms with Crippen LogP contribution in [0.1, 0.15) is 18.7 Å². The lowest BCUT2D eigenvalue weighted by Crippen LogP contribution is -2.44. The number of piperidine rings is 1. The second-order valence-electron chi connectivity index (χ2n) is 6.92. The minimum atomic E-state index is -0.318. The van der Waals surface area contributed by atoms with Crippen molar-refractivity contribution in [2.24, 2.45) is 5.92 Å². The van der Waals surface area contributed by atoms with E-state index in [9.17, 15) is 9.18 Å². The average Bonchev–Trinajstić information content (AvgIpc) is 3.01. The molecule has 1 aromatic carbocycles. The number of rotatable bonds is 6. The third kappa shape index (κ3) is 4.70. The van der Waals surface area contributed by atoms with Gasteiger partial charge in [0.1, 0.15) is 11.6 Å². The molecule has 0 saturated carbocycles. The lowest BCUT2D eigenvalue weighted by Gasteiger charge is -2.32. The number of imidazole rings is 1. The van der Waals surface area contributed by atoms with E-state index in [4.69, 9.17) is 5.11 Å². The van der Waals surface area contributed by atoms with Gasteiger partial charge in [0.2, 0.25) is 0 Å². The maximum Gasteiger partial charge on any atom is 0.317 e. The van der Waals surface area contributed by atoms with Crippen LogP contribution in [0, 0.1) is 11.7 Å². The molecule has 3 rings (SSSR count). The zero-order chi connectivity index (χ0) is 18.5. The van der Waals surface area contributed by atoms with E-state index in [2.05, 4.69) is 20.2 Å². The number of halogens is 1. The van der Waals surface area contributed by atoms with Crippen LogP contribution in [-0.2, 0) is 6.54 Å². The van der Waals surface area contributed by atoms with Crippen LogP contribution in [-0.4, -0.2) is 70.7 Å². The number of benzene rings is 1. The normalized spacial score (nSPS) is 18.2. The molecule has 2 aromatic rings. The molecule has 1 aliphatic heterocycles. The molecule has 1 aliphatic rings. The molecule has 0 aliphatic carbocycles. The van der Waals surface area contributed by atoms with Crippen LogP contribution in [0.3, 0.4) is 0 Å². The van der Waals surface area contributed by atoms with Crippen molar-refractivity contribution in [3.63, 3.8) is 0 Å². The average molecular weight is 363 g/mol. The van der Waals surface area contributed by atoms with Crippen LogP contribution in [0.15, 0.2) is 18.2 Å². The number of amides is 2. The number of β-amino-alcohol motifs (C(OH)–C–C–N with tert-alkyl or cyclic N) is 1. The van der Waals surface area contributed by atoms with E-state index in [1.165, 1.54) is 12.1 Å². The zero-order valence-electron chi connectivity index (χ0n) is 15.0. The maximum absolute atomic E-state index is 13.3. The maximum atomic E-state index is 13.3. The fourth-order valence-corrected chi connectivity index (χ4v) is 3.44. The fourth-order valence-electron chi connectivity index (χ4n) is 3.44. The fraction of sp³-hybridized carbons (Fsp3) is 0.556. The molecule has 0 spiro atoms. The molecule has 26 heavy (non-hydrogen) atoms. The van der Waals surface area contributed by atoms with Gasteiger partial charge in [0.25, 0.3) is 0 Å². The van der Waals surface area contributed by atoms with Gasteiger partial charge >= 0.3 is 6.03 Å². The van der Waals surface area contributed by atoms with E-state index in [0.717, 1.165) is 25.9 Å². The Morgan fingerprint density at radius 3 is 3.19 bits per heavy atom. The highest BCUT2D eigenvalue weighted by molar-refractivity contribution is 5.76. The molecule has 2 amide bonds. The number of fused-ring (bicyclic) bond motifs is 1. The number of aromatic amines is 1. The zero-order valence-corrected chi connectivity index (χ0v) is 15.0. The highest BCUT2D eigenvalue weighted by atomic mass is 19.1. The number of carbonyl (C=O) groups is 1. The monoisotopic (exact) mass is 363 g/mol. The van der Waals surface area contributed by atoms with Gasteiger partial charge in [0, 0.05) is 26.7 Å². The Kier molecular flexibility index (Phi) is 6.05. The van der Waals surface area contributed by atoms with Crippen molar-refractivity contribution in [3.8, 4) is 0 Å². The predicted octanol–water partition coefficient (Wildman–Crippen LogP) is 1.55. The Morgan fingerprint density at radius 1 is 1.54 bits per heavy atom. The molecule has 1 unspecified atom stereocenters. The lowest BCUT2D eigenvalue weighted by molar-refractivity contribution is 0.137. The van der Waals surface area contributed by atoms with E-state index in [0.29, 0.717) is 42.4 Å². The summed E-state index contributed by atoms with van der Waals surface area (Å²) in [4.78, 5) is 23.5. The molecule has 1 atom stereocenters. The number of urea groups is 1. The van der Waals surface area contributed by atoms with Crippen LogP contribution >= 0.6 is 0 Å². The highest BCUT2D eigenvalue weighted by Gasteiger charge is 2.20. The van der Waals surface area contributed by atoms with Crippen LogP contribution in [0.5, 0.6) is 0 Å². The van der Waals surface area contributed by atoms with E-state index in [1.807, 2.05) is 0 Å². The summed E-state index contributed by atoms with van der Waals surface area (Å²) in [6, 6.07) is 4.23. The Balaban J connectivity index is 1.49. The molecular weight excluding hydrogens is 337 g/mol. The molecule has 142 valence electrons. The summed E-state index contributed by atoms with van der Waals surface area (Å²) in [5, 5.41) is 12.0. The number of hydrogen-bond donors (Lipinski definition) is 3. The number of nitrogens with one attached hydrogen (secondary N) is 2. The summed E-state index contributed by atoms with van der Waals surface area (Å²) in [6.45, 7) is 3.72. The van der Waals surface area contributed by atoms with Crippen molar-refractivity contribution in [2.45, 2.75) is 19.4 Å². The van der Waals surface area contributed by atoms with Crippen molar-refractivity contribution in [3.05, 3.63) is 29.8 Å². The number of carbonyl (C=O) groups excluding carboxylic acids is 1. The van der Waals surface area contributed by atoms with Gasteiger partial charge in [-0.2, -0.15) is 0 Å². The van der Waals surface area contributed by atoms with Crippen molar-refractivity contribution >= 4 is 17.1 Å². The number of aliphatic hydroxyl groups excluding tert-OH is 1. The molecule has 7 nitrogen and oxygen atoms in total. The van der Waals surface area contributed by atoms with Gasteiger partial charge in [-0.1, -0.05) is 0 Å². The van der Waals surface area contributed by atoms with Gasteiger partial charge < -0.3 is 25.2 Å². The molecule has 1 saturated heterocycles. The number of hydrogen-bond acceptors (Lipinski definition) is 4. The summed E-state index contributed by atoms with van der Waals surface area (Å²) in [6.07, 6.45) is 2.17. The molecule has 1 fully saturated rings. The Hall–Kier alpha value is -2.19. The number of likely N-dealkylation sites (tertiary alicyclic amines) is 1. The smallest absolute Gasteiger partial charge is 0.317 e. The molecule has 8 heteroatoms. The highest BCUT2D eigenvalue weighted by Crippen LogP contribution is 2.16. The summed E-state index contributed by atoms with van der Waals surface area (Å²) in [5.41, 5.74) is 1.31. The van der Waals surface area contributed by atoms with Crippen molar-refractivity contribution in [1.82, 2.24) is 25.1 Å². The Labute approximate surface area is 152 Å². The molecular formula is C18H26FN5O2.